The van der Waals surface area contributed by atoms with E-state index in [1.54, 1.807) is 0 Å². The van der Waals surface area contributed by atoms with E-state index in [1.807, 2.05) is 4.90 Å². The first-order valence-corrected chi connectivity index (χ1v) is 7.50. The standard InChI is InChI=1S/C16H15F3N4O/c17-16(18,19)13-6-2-1-5-12(13)14(24)22-11-9-20-15(21-10-11)23-7-3-4-8-23/h1-2,5-6,9-10H,3-4,7-8H2,(H,22,24). The predicted molar refractivity (Wildman–Crippen MR) is 82.9 cm³/mol. The number of halogens is 3. The number of carbonyl (C=O) groups excluding carboxylic acids is 1. The molecule has 1 amide bonds. The summed E-state index contributed by atoms with van der Waals surface area (Å²) in [5, 5.41) is 2.41. The minimum absolute atomic E-state index is 0.250. The van der Waals surface area contributed by atoms with Crippen molar-refractivity contribution in [1.29, 1.82) is 0 Å². The molecule has 2 heterocycles. The SMILES string of the molecule is O=C(Nc1cnc(N2CCCC2)nc1)c1ccccc1C(F)(F)F. The van der Waals surface area contributed by atoms with Crippen LogP contribution < -0.4 is 10.2 Å². The lowest BCUT2D eigenvalue weighted by atomic mass is 10.1. The molecule has 1 saturated heterocycles. The fourth-order valence-corrected chi connectivity index (χ4v) is 2.59. The van der Waals surface area contributed by atoms with Gasteiger partial charge in [-0.1, -0.05) is 12.1 Å². The molecule has 0 aliphatic carbocycles. The average Bonchev–Trinajstić information content (AvgIpc) is 3.09. The minimum Gasteiger partial charge on any atom is -0.341 e. The van der Waals surface area contributed by atoms with E-state index in [9.17, 15) is 18.0 Å². The molecule has 1 aromatic heterocycles. The zero-order valence-electron chi connectivity index (χ0n) is 12.7. The van der Waals surface area contributed by atoms with Crippen LogP contribution in [0, 0.1) is 0 Å². The zero-order chi connectivity index (χ0) is 17.2. The summed E-state index contributed by atoms with van der Waals surface area (Å²) >= 11 is 0. The van der Waals surface area contributed by atoms with E-state index in [4.69, 9.17) is 0 Å². The molecular formula is C16H15F3N4O. The van der Waals surface area contributed by atoms with Crippen LogP contribution in [0.25, 0.3) is 0 Å². The molecule has 5 nitrogen and oxygen atoms in total. The van der Waals surface area contributed by atoms with E-state index in [1.165, 1.54) is 24.5 Å². The van der Waals surface area contributed by atoms with E-state index >= 15 is 0 Å². The van der Waals surface area contributed by atoms with Gasteiger partial charge in [0.2, 0.25) is 5.95 Å². The van der Waals surface area contributed by atoms with Crippen molar-refractivity contribution in [1.82, 2.24) is 9.97 Å². The second kappa shape index (κ2) is 6.46. The van der Waals surface area contributed by atoms with Crippen LogP contribution in [-0.4, -0.2) is 29.0 Å². The first kappa shape index (κ1) is 16.2. The van der Waals surface area contributed by atoms with Gasteiger partial charge in [0.1, 0.15) is 0 Å². The zero-order valence-corrected chi connectivity index (χ0v) is 12.7. The molecular weight excluding hydrogens is 321 g/mol. The van der Waals surface area contributed by atoms with Crippen LogP contribution in [0.5, 0.6) is 0 Å². The van der Waals surface area contributed by atoms with Crippen molar-refractivity contribution < 1.29 is 18.0 Å². The molecule has 24 heavy (non-hydrogen) atoms. The minimum atomic E-state index is -4.59. The molecule has 126 valence electrons. The maximum absolute atomic E-state index is 13.0. The molecule has 2 aromatic rings. The summed E-state index contributed by atoms with van der Waals surface area (Å²) in [5.74, 6) is -0.290. The first-order chi connectivity index (χ1) is 11.4. The number of hydrogen-bond acceptors (Lipinski definition) is 4. The van der Waals surface area contributed by atoms with Crippen LogP contribution in [0.15, 0.2) is 36.7 Å². The summed E-state index contributed by atoms with van der Waals surface area (Å²) in [5.41, 5.74) is -1.16. The summed E-state index contributed by atoms with van der Waals surface area (Å²) in [6, 6.07) is 4.64. The van der Waals surface area contributed by atoms with Crippen LogP contribution >= 0.6 is 0 Å². The Morgan fingerprint density at radius 2 is 1.71 bits per heavy atom. The third kappa shape index (κ3) is 3.47. The van der Waals surface area contributed by atoms with E-state index in [0.717, 1.165) is 38.1 Å². The Hall–Kier alpha value is -2.64. The van der Waals surface area contributed by atoms with Gasteiger partial charge >= 0.3 is 6.18 Å². The predicted octanol–water partition coefficient (Wildman–Crippen LogP) is 3.35. The van der Waals surface area contributed by atoms with Gasteiger partial charge in [0.15, 0.2) is 0 Å². The fraction of sp³-hybridized carbons (Fsp3) is 0.312. The molecule has 1 fully saturated rings. The van der Waals surface area contributed by atoms with Gasteiger partial charge in [-0.3, -0.25) is 4.79 Å². The lowest BCUT2D eigenvalue weighted by Gasteiger charge is -2.15. The van der Waals surface area contributed by atoms with E-state index < -0.39 is 23.2 Å². The molecule has 0 saturated carbocycles. The van der Waals surface area contributed by atoms with Crippen LogP contribution in [0.3, 0.4) is 0 Å². The molecule has 1 aromatic carbocycles. The Bertz CT molecular complexity index is 725. The molecule has 1 aliphatic rings. The van der Waals surface area contributed by atoms with E-state index in [0.29, 0.717) is 5.95 Å². The summed E-state index contributed by atoms with van der Waals surface area (Å²) in [6.45, 7) is 1.76. The Labute approximate surface area is 136 Å². The molecule has 0 radical (unpaired) electrons. The third-order valence-electron chi connectivity index (χ3n) is 3.76. The van der Waals surface area contributed by atoms with Gasteiger partial charge in [-0.05, 0) is 25.0 Å². The molecule has 1 N–H and O–H groups in total. The van der Waals surface area contributed by atoms with E-state index in [-0.39, 0.29) is 5.69 Å². The number of nitrogens with zero attached hydrogens (tertiary/aromatic N) is 3. The second-order valence-corrected chi connectivity index (χ2v) is 5.46. The fourth-order valence-electron chi connectivity index (χ4n) is 2.59. The normalized spacial score (nSPS) is 14.7. The highest BCUT2D eigenvalue weighted by Crippen LogP contribution is 2.32. The lowest BCUT2D eigenvalue weighted by molar-refractivity contribution is -0.137. The molecule has 8 heteroatoms. The highest BCUT2D eigenvalue weighted by Gasteiger charge is 2.34. The smallest absolute Gasteiger partial charge is 0.341 e. The van der Waals surface area contributed by atoms with Gasteiger partial charge in [0.25, 0.3) is 5.91 Å². The van der Waals surface area contributed by atoms with Crippen molar-refractivity contribution in [2.75, 3.05) is 23.3 Å². The van der Waals surface area contributed by atoms with E-state index in [2.05, 4.69) is 15.3 Å². The number of hydrogen-bond donors (Lipinski definition) is 1. The Balaban J connectivity index is 1.76. The first-order valence-electron chi connectivity index (χ1n) is 7.50. The highest BCUT2D eigenvalue weighted by atomic mass is 19.4. The van der Waals surface area contributed by atoms with Crippen molar-refractivity contribution in [3.8, 4) is 0 Å². The van der Waals surface area contributed by atoms with Crippen molar-refractivity contribution in [2.24, 2.45) is 0 Å². The van der Waals surface area contributed by atoms with Crippen molar-refractivity contribution in [3.63, 3.8) is 0 Å². The quantitative estimate of drug-likeness (QED) is 0.934. The number of amides is 1. The highest BCUT2D eigenvalue weighted by molar-refractivity contribution is 6.05. The number of carbonyl (C=O) groups is 1. The number of anilines is 2. The van der Waals surface area contributed by atoms with Gasteiger partial charge in [-0.2, -0.15) is 13.2 Å². The number of benzene rings is 1. The summed E-state index contributed by atoms with van der Waals surface area (Å²) in [7, 11) is 0. The lowest BCUT2D eigenvalue weighted by Crippen LogP contribution is -2.21. The van der Waals surface area contributed by atoms with Crippen LogP contribution in [0.1, 0.15) is 28.8 Å². The maximum Gasteiger partial charge on any atom is 0.417 e. The Kier molecular flexibility index (Phi) is 4.37. The summed E-state index contributed by atoms with van der Waals surface area (Å²) < 4.78 is 38.9. The number of rotatable bonds is 3. The molecule has 0 unspecified atom stereocenters. The Morgan fingerprint density at radius 3 is 2.33 bits per heavy atom. The summed E-state index contributed by atoms with van der Waals surface area (Å²) in [4.78, 5) is 22.5. The molecule has 1 aliphatic heterocycles. The maximum atomic E-state index is 13.0. The average molecular weight is 336 g/mol. The van der Waals surface area contributed by atoms with Crippen molar-refractivity contribution in [2.45, 2.75) is 19.0 Å². The van der Waals surface area contributed by atoms with Crippen molar-refractivity contribution in [3.05, 3.63) is 47.8 Å². The summed E-state index contributed by atoms with van der Waals surface area (Å²) in [6.07, 6.45) is 0.361. The molecule has 0 spiro atoms. The van der Waals surface area contributed by atoms with Gasteiger partial charge in [0, 0.05) is 13.1 Å². The molecule has 0 atom stereocenters. The largest absolute Gasteiger partial charge is 0.417 e. The van der Waals surface area contributed by atoms with Crippen LogP contribution in [0.2, 0.25) is 0 Å². The van der Waals surface area contributed by atoms with Crippen LogP contribution in [0.4, 0.5) is 24.8 Å². The number of alkyl halides is 3. The Morgan fingerprint density at radius 1 is 1.08 bits per heavy atom. The number of aromatic nitrogens is 2. The van der Waals surface area contributed by atoms with Crippen molar-refractivity contribution >= 4 is 17.5 Å². The monoisotopic (exact) mass is 336 g/mol. The molecule has 0 bridgehead atoms. The number of nitrogens with one attached hydrogen (secondary N) is 1. The van der Waals surface area contributed by atoms with Gasteiger partial charge < -0.3 is 10.2 Å². The van der Waals surface area contributed by atoms with Crippen LogP contribution in [-0.2, 0) is 6.18 Å². The van der Waals surface area contributed by atoms with Gasteiger partial charge in [0.05, 0.1) is 29.2 Å². The molecule has 3 rings (SSSR count). The van der Waals surface area contributed by atoms with Gasteiger partial charge in [-0.25, -0.2) is 9.97 Å². The second-order valence-electron chi connectivity index (χ2n) is 5.46. The third-order valence-corrected chi connectivity index (χ3v) is 3.76. The topological polar surface area (TPSA) is 58.1 Å². The van der Waals surface area contributed by atoms with Gasteiger partial charge in [-0.15, -0.1) is 0 Å².